The lowest BCUT2D eigenvalue weighted by molar-refractivity contribution is -0.139. The smallest absolute Gasteiger partial charge is 0.419 e. The Labute approximate surface area is 121 Å². The van der Waals surface area contributed by atoms with E-state index in [2.05, 4.69) is 0 Å². The van der Waals surface area contributed by atoms with E-state index in [4.69, 9.17) is 14.6 Å². The minimum atomic E-state index is -4.49. The van der Waals surface area contributed by atoms with Crippen LogP contribution >= 0.6 is 0 Å². The monoisotopic (exact) mass is 304 g/mol. The van der Waals surface area contributed by atoms with Gasteiger partial charge in [0.1, 0.15) is 5.75 Å². The molecule has 1 aromatic carbocycles. The van der Waals surface area contributed by atoms with Gasteiger partial charge in [-0.2, -0.15) is 13.2 Å². The summed E-state index contributed by atoms with van der Waals surface area (Å²) < 4.78 is 49.5. The molecule has 1 atom stereocenters. The van der Waals surface area contributed by atoms with Crippen LogP contribution in [0.4, 0.5) is 13.2 Å². The molecule has 1 unspecified atom stereocenters. The van der Waals surface area contributed by atoms with Crippen molar-refractivity contribution in [3.63, 3.8) is 0 Å². The van der Waals surface area contributed by atoms with Crippen LogP contribution in [0.25, 0.3) is 0 Å². The van der Waals surface area contributed by atoms with Crippen LogP contribution in [0, 0.1) is 0 Å². The molecule has 3 nitrogen and oxygen atoms in total. The Morgan fingerprint density at radius 1 is 1.33 bits per heavy atom. The second-order valence-electron chi connectivity index (χ2n) is 5.11. The first-order chi connectivity index (χ1) is 10.0. The van der Waals surface area contributed by atoms with Gasteiger partial charge in [-0.05, 0) is 43.4 Å². The van der Waals surface area contributed by atoms with Gasteiger partial charge in [-0.15, -0.1) is 0 Å². The Kier molecular flexibility index (Phi) is 5.47. The SMILES string of the molecule is OCc1ccc(OCCCC2CCCO2)c(C(F)(F)F)c1. The van der Waals surface area contributed by atoms with Crippen molar-refractivity contribution in [2.45, 2.75) is 44.6 Å². The molecule has 0 spiro atoms. The zero-order valence-electron chi connectivity index (χ0n) is 11.7. The first-order valence-corrected chi connectivity index (χ1v) is 7.06. The molecule has 0 amide bonds. The topological polar surface area (TPSA) is 38.7 Å². The lowest BCUT2D eigenvalue weighted by Crippen LogP contribution is -2.12. The predicted octanol–water partition coefficient (Wildman–Crippen LogP) is 3.54. The van der Waals surface area contributed by atoms with Crippen molar-refractivity contribution in [3.8, 4) is 5.75 Å². The Hall–Kier alpha value is -1.27. The molecule has 1 aromatic rings. The van der Waals surface area contributed by atoms with E-state index >= 15 is 0 Å². The third kappa shape index (κ3) is 4.61. The molecule has 0 saturated carbocycles. The molecule has 118 valence electrons. The second kappa shape index (κ2) is 7.13. The molecule has 1 fully saturated rings. The van der Waals surface area contributed by atoms with Crippen LogP contribution < -0.4 is 4.74 Å². The molecule has 1 saturated heterocycles. The maximum Gasteiger partial charge on any atom is 0.419 e. The highest BCUT2D eigenvalue weighted by molar-refractivity contribution is 5.39. The van der Waals surface area contributed by atoms with Gasteiger partial charge in [-0.1, -0.05) is 6.07 Å². The molecular weight excluding hydrogens is 285 g/mol. The molecule has 21 heavy (non-hydrogen) atoms. The minimum Gasteiger partial charge on any atom is -0.493 e. The summed E-state index contributed by atoms with van der Waals surface area (Å²) in [5, 5.41) is 8.93. The number of hydrogen-bond acceptors (Lipinski definition) is 3. The van der Waals surface area contributed by atoms with Crippen LogP contribution in [0.5, 0.6) is 5.75 Å². The number of hydrogen-bond donors (Lipinski definition) is 1. The average molecular weight is 304 g/mol. The zero-order valence-corrected chi connectivity index (χ0v) is 11.7. The van der Waals surface area contributed by atoms with Crippen LogP contribution in [0.2, 0.25) is 0 Å². The predicted molar refractivity (Wildman–Crippen MR) is 71.1 cm³/mol. The van der Waals surface area contributed by atoms with Crippen molar-refractivity contribution in [2.24, 2.45) is 0 Å². The number of aliphatic hydroxyl groups excluding tert-OH is 1. The zero-order chi connectivity index (χ0) is 15.3. The number of rotatable bonds is 6. The van der Waals surface area contributed by atoms with E-state index < -0.39 is 18.3 Å². The third-order valence-electron chi connectivity index (χ3n) is 3.48. The highest BCUT2D eigenvalue weighted by Crippen LogP contribution is 2.37. The molecule has 1 heterocycles. The molecular formula is C15H19F3O3. The normalized spacial score (nSPS) is 19.0. The lowest BCUT2D eigenvalue weighted by Gasteiger charge is -2.15. The first kappa shape index (κ1) is 16.1. The van der Waals surface area contributed by atoms with E-state index in [1.165, 1.54) is 12.1 Å². The molecule has 1 aliphatic rings. The molecule has 0 radical (unpaired) electrons. The van der Waals surface area contributed by atoms with Crippen molar-refractivity contribution in [1.29, 1.82) is 0 Å². The van der Waals surface area contributed by atoms with Crippen molar-refractivity contribution >= 4 is 0 Å². The van der Waals surface area contributed by atoms with E-state index in [-0.39, 0.29) is 24.0 Å². The van der Waals surface area contributed by atoms with Crippen molar-refractivity contribution < 1.29 is 27.8 Å². The number of alkyl halides is 3. The van der Waals surface area contributed by atoms with Crippen LogP contribution in [-0.2, 0) is 17.5 Å². The summed E-state index contributed by atoms with van der Waals surface area (Å²) >= 11 is 0. The van der Waals surface area contributed by atoms with Gasteiger partial charge in [-0.3, -0.25) is 0 Å². The van der Waals surface area contributed by atoms with Crippen molar-refractivity contribution in [2.75, 3.05) is 13.2 Å². The summed E-state index contributed by atoms with van der Waals surface area (Å²) in [7, 11) is 0. The van der Waals surface area contributed by atoms with Gasteiger partial charge in [0.25, 0.3) is 0 Å². The van der Waals surface area contributed by atoms with Crippen molar-refractivity contribution in [3.05, 3.63) is 29.3 Å². The fourth-order valence-corrected chi connectivity index (χ4v) is 2.39. The summed E-state index contributed by atoms with van der Waals surface area (Å²) in [6, 6.07) is 3.63. The number of benzene rings is 1. The largest absolute Gasteiger partial charge is 0.493 e. The summed E-state index contributed by atoms with van der Waals surface area (Å²) in [5.41, 5.74) is -0.625. The molecule has 2 rings (SSSR count). The highest BCUT2D eigenvalue weighted by atomic mass is 19.4. The highest BCUT2D eigenvalue weighted by Gasteiger charge is 2.34. The molecule has 0 aliphatic carbocycles. The lowest BCUT2D eigenvalue weighted by atomic mass is 10.1. The van der Waals surface area contributed by atoms with E-state index in [0.717, 1.165) is 31.9 Å². The molecule has 0 aromatic heterocycles. The fraction of sp³-hybridized carbons (Fsp3) is 0.600. The van der Waals surface area contributed by atoms with Crippen LogP contribution in [-0.4, -0.2) is 24.4 Å². The van der Waals surface area contributed by atoms with Crippen molar-refractivity contribution in [1.82, 2.24) is 0 Å². The molecule has 0 bridgehead atoms. The van der Waals surface area contributed by atoms with Crippen LogP contribution in [0.15, 0.2) is 18.2 Å². The van der Waals surface area contributed by atoms with E-state index in [1.54, 1.807) is 0 Å². The Bertz CT molecular complexity index is 454. The fourth-order valence-electron chi connectivity index (χ4n) is 2.39. The standard InChI is InChI=1S/C15H19F3O3/c16-15(17,18)13-9-11(10-19)5-6-14(13)21-8-2-4-12-3-1-7-20-12/h5-6,9,12,19H,1-4,7-8,10H2. The number of ether oxygens (including phenoxy) is 2. The summed E-state index contributed by atoms with van der Waals surface area (Å²) in [6.45, 7) is 0.566. The van der Waals surface area contributed by atoms with Gasteiger partial charge in [0.05, 0.1) is 24.9 Å². The Morgan fingerprint density at radius 2 is 2.14 bits per heavy atom. The van der Waals surface area contributed by atoms with Gasteiger partial charge in [-0.25, -0.2) is 0 Å². The minimum absolute atomic E-state index is 0.188. The molecule has 1 aliphatic heterocycles. The van der Waals surface area contributed by atoms with Gasteiger partial charge >= 0.3 is 6.18 Å². The quantitative estimate of drug-likeness (QED) is 0.817. The Balaban J connectivity index is 1.92. The van der Waals surface area contributed by atoms with E-state index in [1.807, 2.05) is 0 Å². The first-order valence-electron chi connectivity index (χ1n) is 7.06. The van der Waals surface area contributed by atoms with Gasteiger partial charge in [0.15, 0.2) is 0 Å². The Morgan fingerprint density at radius 3 is 2.76 bits per heavy atom. The third-order valence-corrected chi connectivity index (χ3v) is 3.48. The van der Waals surface area contributed by atoms with Gasteiger partial charge in [0.2, 0.25) is 0 Å². The number of aliphatic hydroxyl groups is 1. The van der Waals surface area contributed by atoms with E-state index in [0.29, 0.717) is 6.42 Å². The summed E-state index contributed by atoms with van der Waals surface area (Å²) in [6.07, 6.45) is -0.757. The number of halogens is 3. The van der Waals surface area contributed by atoms with Crippen LogP contribution in [0.3, 0.4) is 0 Å². The van der Waals surface area contributed by atoms with Crippen LogP contribution in [0.1, 0.15) is 36.8 Å². The summed E-state index contributed by atoms with van der Waals surface area (Å²) in [4.78, 5) is 0. The second-order valence-corrected chi connectivity index (χ2v) is 5.11. The maximum atomic E-state index is 12.9. The maximum absolute atomic E-state index is 12.9. The molecule has 1 N–H and O–H groups in total. The van der Waals surface area contributed by atoms with E-state index in [9.17, 15) is 13.2 Å². The average Bonchev–Trinajstić information content (AvgIpc) is 2.96. The van der Waals surface area contributed by atoms with Gasteiger partial charge in [0, 0.05) is 6.61 Å². The van der Waals surface area contributed by atoms with Gasteiger partial charge < -0.3 is 14.6 Å². The molecule has 6 heteroatoms. The summed E-state index contributed by atoms with van der Waals surface area (Å²) in [5.74, 6) is -0.188.